The largest absolute Gasteiger partial charge is 0.325 e. The third-order valence-electron chi connectivity index (χ3n) is 3.28. The molecule has 0 bridgehead atoms. The van der Waals surface area contributed by atoms with Gasteiger partial charge in [-0.05, 0) is 65.9 Å². The van der Waals surface area contributed by atoms with E-state index >= 15 is 0 Å². The van der Waals surface area contributed by atoms with Crippen LogP contribution in [-0.4, -0.2) is 31.4 Å². The lowest BCUT2D eigenvalue weighted by Crippen LogP contribution is -2.22. The zero-order chi connectivity index (χ0) is 17.8. The van der Waals surface area contributed by atoms with Gasteiger partial charge in [-0.15, -0.1) is 5.10 Å². The molecule has 1 amide bonds. The summed E-state index contributed by atoms with van der Waals surface area (Å²) in [6.07, 6.45) is 0. The maximum absolute atomic E-state index is 12.4. The second kappa shape index (κ2) is 7.86. The molecule has 0 saturated carbocycles. The highest BCUT2D eigenvalue weighted by molar-refractivity contribution is 8.00. The van der Waals surface area contributed by atoms with Gasteiger partial charge in [0.15, 0.2) is 0 Å². The number of carbonyl (C=O) groups excluding carboxylic acids is 1. The van der Waals surface area contributed by atoms with E-state index < -0.39 is 5.25 Å². The SMILES string of the molecule is C[C@H](Sc1nnnn1-c1ccc(Cl)cc1)C(=O)Nc1ccc(Cl)cc1. The molecule has 1 aromatic heterocycles. The van der Waals surface area contributed by atoms with Crippen LogP contribution in [0.1, 0.15) is 6.92 Å². The molecular weight excluding hydrogens is 381 g/mol. The van der Waals surface area contributed by atoms with Crippen molar-refractivity contribution in [3.05, 3.63) is 58.6 Å². The fraction of sp³-hybridized carbons (Fsp3) is 0.125. The van der Waals surface area contributed by atoms with Crippen molar-refractivity contribution in [1.29, 1.82) is 0 Å². The molecule has 2 aromatic carbocycles. The summed E-state index contributed by atoms with van der Waals surface area (Å²) in [5.41, 5.74) is 1.45. The Kier molecular flexibility index (Phi) is 5.57. The first-order valence-electron chi connectivity index (χ1n) is 7.30. The standard InChI is InChI=1S/C16H13Cl2N5OS/c1-10(15(24)19-13-6-2-11(17)3-7-13)25-16-20-21-22-23(16)14-8-4-12(18)5-9-14/h2-10H,1H3,(H,19,24)/t10-/m0/s1. The summed E-state index contributed by atoms with van der Waals surface area (Å²) in [5.74, 6) is -0.155. The van der Waals surface area contributed by atoms with Crippen molar-refractivity contribution in [3.63, 3.8) is 0 Å². The molecule has 0 fully saturated rings. The summed E-state index contributed by atoms with van der Waals surface area (Å²) >= 11 is 13.0. The number of rotatable bonds is 5. The molecule has 25 heavy (non-hydrogen) atoms. The molecule has 0 radical (unpaired) electrons. The van der Waals surface area contributed by atoms with E-state index in [0.717, 1.165) is 5.69 Å². The number of benzene rings is 2. The number of tetrazole rings is 1. The molecule has 1 atom stereocenters. The summed E-state index contributed by atoms with van der Waals surface area (Å²) < 4.78 is 1.56. The van der Waals surface area contributed by atoms with E-state index in [1.54, 1.807) is 60.1 Å². The summed E-state index contributed by atoms with van der Waals surface area (Å²) in [6.45, 7) is 1.79. The summed E-state index contributed by atoms with van der Waals surface area (Å²) in [6, 6.07) is 14.0. The highest BCUT2D eigenvalue weighted by Gasteiger charge is 2.19. The van der Waals surface area contributed by atoms with Gasteiger partial charge in [-0.3, -0.25) is 4.79 Å². The lowest BCUT2D eigenvalue weighted by Gasteiger charge is -2.11. The number of hydrogen-bond donors (Lipinski definition) is 1. The molecule has 6 nitrogen and oxygen atoms in total. The smallest absolute Gasteiger partial charge is 0.237 e. The Bertz CT molecular complexity index is 867. The van der Waals surface area contributed by atoms with Gasteiger partial charge >= 0.3 is 0 Å². The lowest BCUT2D eigenvalue weighted by atomic mass is 10.3. The van der Waals surface area contributed by atoms with Crippen LogP contribution >= 0.6 is 35.0 Å². The zero-order valence-corrected chi connectivity index (χ0v) is 15.4. The van der Waals surface area contributed by atoms with Crippen LogP contribution in [0.2, 0.25) is 10.0 Å². The molecule has 0 spiro atoms. The normalized spacial score (nSPS) is 12.0. The first-order chi connectivity index (χ1) is 12.0. The van der Waals surface area contributed by atoms with Crippen LogP contribution in [0.15, 0.2) is 53.7 Å². The Hall–Kier alpha value is -2.09. The van der Waals surface area contributed by atoms with Crippen molar-refractivity contribution in [1.82, 2.24) is 20.2 Å². The van der Waals surface area contributed by atoms with Crippen molar-refractivity contribution in [2.45, 2.75) is 17.3 Å². The number of nitrogens with one attached hydrogen (secondary N) is 1. The van der Waals surface area contributed by atoms with Gasteiger partial charge in [0.1, 0.15) is 0 Å². The summed E-state index contributed by atoms with van der Waals surface area (Å²) in [4.78, 5) is 12.4. The molecule has 3 rings (SSSR count). The average Bonchev–Trinajstić information content (AvgIpc) is 3.05. The molecule has 0 aliphatic carbocycles. The second-order valence-corrected chi connectivity index (χ2v) is 7.29. The van der Waals surface area contributed by atoms with Crippen molar-refractivity contribution >= 4 is 46.6 Å². The van der Waals surface area contributed by atoms with Crippen LogP contribution in [0.5, 0.6) is 0 Å². The number of hydrogen-bond acceptors (Lipinski definition) is 5. The Labute approximate surface area is 158 Å². The van der Waals surface area contributed by atoms with Crippen molar-refractivity contribution < 1.29 is 4.79 Å². The Morgan fingerprint density at radius 3 is 2.32 bits per heavy atom. The van der Waals surface area contributed by atoms with E-state index in [2.05, 4.69) is 20.8 Å². The number of halogens is 2. The van der Waals surface area contributed by atoms with Crippen LogP contribution in [0, 0.1) is 0 Å². The summed E-state index contributed by atoms with van der Waals surface area (Å²) in [5, 5.41) is 15.8. The molecule has 0 saturated heterocycles. The highest BCUT2D eigenvalue weighted by Crippen LogP contribution is 2.24. The lowest BCUT2D eigenvalue weighted by molar-refractivity contribution is -0.115. The first kappa shape index (κ1) is 17.7. The molecule has 128 valence electrons. The van der Waals surface area contributed by atoms with Gasteiger partial charge < -0.3 is 5.32 Å². The molecule has 3 aromatic rings. The number of nitrogens with zero attached hydrogens (tertiary/aromatic N) is 4. The predicted molar refractivity (Wildman–Crippen MR) is 99.6 cm³/mol. The molecule has 0 aliphatic rings. The fourth-order valence-corrected chi connectivity index (χ4v) is 3.05. The highest BCUT2D eigenvalue weighted by atomic mass is 35.5. The maximum Gasteiger partial charge on any atom is 0.237 e. The van der Waals surface area contributed by atoms with Crippen LogP contribution in [0.3, 0.4) is 0 Å². The van der Waals surface area contributed by atoms with Crippen molar-refractivity contribution in [2.75, 3.05) is 5.32 Å². The van der Waals surface area contributed by atoms with Crippen molar-refractivity contribution in [2.24, 2.45) is 0 Å². The van der Waals surface area contributed by atoms with E-state index in [1.165, 1.54) is 11.8 Å². The van der Waals surface area contributed by atoms with Gasteiger partial charge in [0.25, 0.3) is 0 Å². The number of amides is 1. The first-order valence-corrected chi connectivity index (χ1v) is 8.94. The number of carbonyl (C=O) groups is 1. The molecule has 9 heteroatoms. The molecule has 0 aliphatic heterocycles. The van der Waals surface area contributed by atoms with Gasteiger partial charge in [-0.1, -0.05) is 35.0 Å². The molecule has 1 heterocycles. The zero-order valence-electron chi connectivity index (χ0n) is 13.1. The quantitative estimate of drug-likeness (QED) is 0.660. The van der Waals surface area contributed by atoms with Crippen LogP contribution in [0.25, 0.3) is 5.69 Å². The molecular formula is C16H13Cl2N5OS. The molecule has 0 unspecified atom stereocenters. The third-order valence-corrected chi connectivity index (χ3v) is 4.81. The van der Waals surface area contributed by atoms with E-state index in [4.69, 9.17) is 23.2 Å². The number of aromatic nitrogens is 4. The Morgan fingerprint density at radius 1 is 1.08 bits per heavy atom. The molecule has 1 N–H and O–H groups in total. The van der Waals surface area contributed by atoms with E-state index in [1.807, 2.05) is 0 Å². The van der Waals surface area contributed by atoms with E-state index in [0.29, 0.717) is 20.9 Å². The third kappa shape index (κ3) is 4.50. The minimum absolute atomic E-state index is 0.155. The average molecular weight is 394 g/mol. The van der Waals surface area contributed by atoms with Gasteiger partial charge in [-0.2, -0.15) is 4.68 Å². The monoisotopic (exact) mass is 393 g/mol. The van der Waals surface area contributed by atoms with Crippen molar-refractivity contribution in [3.8, 4) is 5.69 Å². The predicted octanol–water partition coefficient (Wildman–Crippen LogP) is 4.09. The van der Waals surface area contributed by atoms with Gasteiger partial charge in [0.2, 0.25) is 11.1 Å². The fourth-order valence-electron chi connectivity index (χ4n) is 1.99. The minimum Gasteiger partial charge on any atom is -0.325 e. The topological polar surface area (TPSA) is 72.7 Å². The van der Waals surface area contributed by atoms with Gasteiger partial charge in [-0.25, -0.2) is 0 Å². The van der Waals surface area contributed by atoms with Gasteiger partial charge in [0, 0.05) is 15.7 Å². The van der Waals surface area contributed by atoms with E-state index in [9.17, 15) is 4.79 Å². The van der Waals surface area contributed by atoms with E-state index in [-0.39, 0.29) is 5.91 Å². The Morgan fingerprint density at radius 2 is 1.68 bits per heavy atom. The maximum atomic E-state index is 12.4. The van der Waals surface area contributed by atoms with Crippen LogP contribution in [-0.2, 0) is 4.79 Å². The second-order valence-electron chi connectivity index (χ2n) is 5.11. The van der Waals surface area contributed by atoms with Crippen LogP contribution in [0.4, 0.5) is 5.69 Å². The van der Waals surface area contributed by atoms with Gasteiger partial charge in [0.05, 0.1) is 10.9 Å². The minimum atomic E-state index is -0.396. The Balaban J connectivity index is 1.70. The summed E-state index contributed by atoms with van der Waals surface area (Å²) in [7, 11) is 0. The number of thioether (sulfide) groups is 1. The number of anilines is 1. The van der Waals surface area contributed by atoms with Crippen LogP contribution < -0.4 is 5.32 Å².